The van der Waals surface area contributed by atoms with Crippen LogP contribution in [0.4, 0.5) is 0 Å². The van der Waals surface area contributed by atoms with Crippen LogP contribution >= 0.6 is 0 Å². The Bertz CT molecular complexity index is 972. The first-order valence-electron chi connectivity index (χ1n) is 11.1. The molecule has 1 amide bonds. The first-order valence-corrected chi connectivity index (χ1v) is 11.1. The number of methoxy groups -OCH3 is 1. The largest absolute Gasteiger partial charge is 0.459 e. The lowest BCUT2D eigenvalue weighted by Crippen LogP contribution is -2.53. The summed E-state index contributed by atoms with van der Waals surface area (Å²) >= 11 is 0. The molecule has 1 heterocycles. The maximum Gasteiger partial charge on any atom is 0.338 e. The number of nitrogens with zero attached hydrogens (tertiary/aromatic N) is 1. The Morgan fingerprint density at radius 2 is 1.66 bits per heavy atom. The SMILES string of the molecule is COCO[C@H](COC(=O)c1ccccc1)[C@H]1C(=O)N[C@@H](CO)[C@@H](OC(=O)c2ccccc2)CN1C. The zero-order valence-electron chi connectivity index (χ0n) is 19.7. The van der Waals surface area contributed by atoms with Crippen LogP contribution in [0.25, 0.3) is 0 Å². The number of aliphatic hydroxyl groups excluding tert-OH is 1. The molecule has 0 spiro atoms. The molecule has 3 rings (SSSR count). The first-order chi connectivity index (χ1) is 16.9. The van der Waals surface area contributed by atoms with Crippen molar-refractivity contribution >= 4 is 17.8 Å². The summed E-state index contributed by atoms with van der Waals surface area (Å²) < 4.78 is 21.8. The van der Waals surface area contributed by atoms with Crippen molar-refractivity contribution in [1.82, 2.24) is 10.2 Å². The molecule has 0 bridgehead atoms. The van der Waals surface area contributed by atoms with Gasteiger partial charge in [-0.05, 0) is 31.3 Å². The van der Waals surface area contributed by atoms with Gasteiger partial charge in [0.05, 0.1) is 23.8 Å². The molecule has 0 aromatic heterocycles. The number of amides is 1. The summed E-state index contributed by atoms with van der Waals surface area (Å²) in [5.41, 5.74) is 0.720. The van der Waals surface area contributed by atoms with E-state index < -0.39 is 48.7 Å². The van der Waals surface area contributed by atoms with Crippen molar-refractivity contribution < 1.29 is 38.4 Å². The number of benzene rings is 2. The molecule has 10 heteroatoms. The van der Waals surface area contributed by atoms with Gasteiger partial charge in [-0.3, -0.25) is 9.69 Å². The van der Waals surface area contributed by atoms with Crippen LogP contribution in [0.2, 0.25) is 0 Å². The molecule has 188 valence electrons. The molecule has 0 unspecified atom stereocenters. The normalized spacial score (nSPS) is 21.5. The van der Waals surface area contributed by atoms with Gasteiger partial charge in [0.2, 0.25) is 5.91 Å². The predicted octanol–water partition coefficient (Wildman–Crippen LogP) is 0.849. The zero-order chi connectivity index (χ0) is 25.2. The van der Waals surface area contributed by atoms with E-state index in [1.54, 1.807) is 72.6 Å². The maximum absolute atomic E-state index is 13.1. The quantitative estimate of drug-likeness (QED) is 0.372. The van der Waals surface area contributed by atoms with Gasteiger partial charge in [0.15, 0.2) is 0 Å². The van der Waals surface area contributed by atoms with E-state index in [1.165, 1.54) is 7.11 Å². The topological polar surface area (TPSA) is 124 Å². The second kappa shape index (κ2) is 13.0. The third-order valence-electron chi connectivity index (χ3n) is 5.59. The van der Waals surface area contributed by atoms with Crippen molar-refractivity contribution in [2.45, 2.75) is 24.3 Å². The summed E-state index contributed by atoms with van der Waals surface area (Å²) in [6.45, 7) is -0.683. The standard InChI is InChI=1S/C25H30N2O8/c1-27-13-20(35-25(31)18-11-7-4-8-12-18)19(14-28)26-23(29)22(27)21(34-16-32-2)15-33-24(30)17-9-5-3-6-10-17/h3-12,19-22,28H,13-16H2,1-2H3,(H,26,29)/t19-,20-,21+,22-/m0/s1. The Morgan fingerprint density at radius 1 is 1.06 bits per heavy atom. The third-order valence-corrected chi connectivity index (χ3v) is 5.59. The summed E-state index contributed by atoms with van der Waals surface area (Å²) in [7, 11) is 3.10. The Hall–Kier alpha value is -3.31. The summed E-state index contributed by atoms with van der Waals surface area (Å²) in [4.78, 5) is 39.8. The number of aliphatic hydroxyl groups is 1. The average Bonchev–Trinajstić information content (AvgIpc) is 3.00. The number of ether oxygens (including phenoxy) is 4. The van der Waals surface area contributed by atoms with Crippen LogP contribution in [0.5, 0.6) is 0 Å². The average molecular weight is 487 g/mol. The number of hydrogen-bond acceptors (Lipinski definition) is 9. The second-order valence-corrected chi connectivity index (χ2v) is 8.07. The molecular weight excluding hydrogens is 456 g/mol. The minimum Gasteiger partial charge on any atom is -0.459 e. The summed E-state index contributed by atoms with van der Waals surface area (Å²) in [5, 5.41) is 12.6. The lowest BCUT2D eigenvalue weighted by molar-refractivity contribution is -0.143. The van der Waals surface area contributed by atoms with E-state index in [1.807, 2.05) is 0 Å². The van der Waals surface area contributed by atoms with Crippen LogP contribution in [0.1, 0.15) is 20.7 Å². The molecule has 10 nitrogen and oxygen atoms in total. The van der Waals surface area contributed by atoms with Gasteiger partial charge in [0.25, 0.3) is 0 Å². The van der Waals surface area contributed by atoms with Crippen molar-refractivity contribution in [3.05, 3.63) is 71.8 Å². The summed E-state index contributed by atoms with van der Waals surface area (Å²) in [6, 6.07) is 15.2. The number of likely N-dealkylation sites (N-methyl/N-ethyl adjacent to an activating group) is 1. The Morgan fingerprint density at radius 3 is 2.23 bits per heavy atom. The highest BCUT2D eigenvalue weighted by Crippen LogP contribution is 2.18. The highest BCUT2D eigenvalue weighted by atomic mass is 16.7. The molecular formula is C25H30N2O8. The van der Waals surface area contributed by atoms with Crippen molar-refractivity contribution in [1.29, 1.82) is 0 Å². The van der Waals surface area contributed by atoms with E-state index in [2.05, 4.69) is 5.32 Å². The van der Waals surface area contributed by atoms with Crippen LogP contribution in [0, 0.1) is 0 Å². The van der Waals surface area contributed by atoms with Gasteiger partial charge in [-0.15, -0.1) is 0 Å². The fraction of sp³-hybridized carbons (Fsp3) is 0.400. The molecule has 1 aliphatic heterocycles. The summed E-state index contributed by atoms with van der Waals surface area (Å²) in [5.74, 6) is -1.60. The van der Waals surface area contributed by atoms with Gasteiger partial charge >= 0.3 is 11.9 Å². The van der Waals surface area contributed by atoms with E-state index in [4.69, 9.17) is 18.9 Å². The van der Waals surface area contributed by atoms with Crippen LogP contribution in [0.15, 0.2) is 60.7 Å². The monoisotopic (exact) mass is 486 g/mol. The molecule has 35 heavy (non-hydrogen) atoms. The fourth-order valence-corrected chi connectivity index (χ4v) is 3.80. The highest BCUT2D eigenvalue weighted by Gasteiger charge is 2.42. The van der Waals surface area contributed by atoms with Gasteiger partial charge < -0.3 is 29.4 Å². The van der Waals surface area contributed by atoms with Gasteiger partial charge in [-0.2, -0.15) is 0 Å². The van der Waals surface area contributed by atoms with Crippen LogP contribution in [-0.4, -0.2) is 92.9 Å². The lowest BCUT2D eigenvalue weighted by atomic mass is 10.1. The number of nitrogens with one attached hydrogen (secondary N) is 1. The van der Waals surface area contributed by atoms with Gasteiger partial charge in [0, 0.05) is 13.7 Å². The lowest BCUT2D eigenvalue weighted by Gasteiger charge is -2.31. The molecule has 0 saturated carbocycles. The number of hydrogen-bond donors (Lipinski definition) is 2. The molecule has 4 atom stereocenters. The maximum atomic E-state index is 13.1. The van der Waals surface area contributed by atoms with Gasteiger partial charge in [-0.1, -0.05) is 36.4 Å². The predicted molar refractivity (Wildman–Crippen MR) is 125 cm³/mol. The first kappa shape index (κ1) is 26.3. The highest BCUT2D eigenvalue weighted by molar-refractivity contribution is 5.90. The van der Waals surface area contributed by atoms with E-state index in [0.717, 1.165) is 0 Å². The Labute approximate surface area is 203 Å². The third kappa shape index (κ3) is 7.09. The number of esters is 2. The molecule has 0 aliphatic carbocycles. The van der Waals surface area contributed by atoms with Crippen molar-refractivity contribution in [2.24, 2.45) is 0 Å². The van der Waals surface area contributed by atoms with Crippen molar-refractivity contribution in [3.8, 4) is 0 Å². The van der Waals surface area contributed by atoms with E-state index in [9.17, 15) is 19.5 Å². The van der Waals surface area contributed by atoms with Crippen LogP contribution in [0.3, 0.4) is 0 Å². The second-order valence-electron chi connectivity index (χ2n) is 8.07. The molecule has 2 aromatic carbocycles. The van der Waals surface area contributed by atoms with Crippen molar-refractivity contribution in [3.63, 3.8) is 0 Å². The Kier molecular flexibility index (Phi) is 9.74. The Balaban J connectivity index is 1.74. The molecule has 1 fully saturated rings. The molecule has 0 radical (unpaired) electrons. The summed E-state index contributed by atoms with van der Waals surface area (Å²) in [6.07, 6.45) is -1.72. The smallest absolute Gasteiger partial charge is 0.338 e. The van der Waals surface area contributed by atoms with E-state index in [0.29, 0.717) is 11.1 Å². The van der Waals surface area contributed by atoms with E-state index >= 15 is 0 Å². The van der Waals surface area contributed by atoms with Crippen molar-refractivity contribution in [2.75, 3.05) is 40.7 Å². The minimum absolute atomic E-state index is 0.118. The van der Waals surface area contributed by atoms with Crippen LogP contribution < -0.4 is 5.32 Å². The van der Waals surface area contributed by atoms with Gasteiger partial charge in [0.1, 0.15) is 31.6 Å². The number of carbonyl (C=O) groups is 3. The van der Waals surface area contributed by atoms with Crippen LogP contribution in [-0.2, 0) is 23.7 Å². The fourth-order valence-electron chi connectivity index (χ4n) is 3.80. The number of rotatable bonds is 10. The molecule has 1 aliphatic rings. The number of carbonyl (C=O) groups excluding carboxylic acids is 3. The molecule has 1 saturated heterocycles. The van der Waals surface area contributed by atoms with E-state index in [-0.39, 0.29) is 19.9 Å². The minimum atomic E-state index is -0.914. The molecule has 2 N–H and O–H groups in total. The van der Waals surface area contributed by atoms with Gasteiger partial charge in [-0.25, -0.2) is 9.59 Å². The zero-order valence-corrected chi connectivity index (χ0v) is 19.7. The molecule has 2 aromatic rings.